The summed E-state index contributed by atoms with van der Waals surface area (Å²) in [5.74, 6) is 1.61. The van der Waals surface area contributed by atoms with Crippen molar-refractivity contribution >= 4 is 10.9 Å². The molecule has 0 aliphatic heterocycles. The molecule has 0 aliphatic carbocycles. The van der Waals surface area contributed by atoms with Crippen LogP contribution in [0.3, 0.4) is 0 Å². The van der Waals surface area contributed by atoms with E-state index in [4.69, 9.17) is 4.74 Å². The van der Waals surface area contributed by atoms with Gasteiger partial charge in [0, 0.05) is 29.7 Å². The van der Waals surface area contributed by atoms with Gasteiger partial charge in [0.1, 0.15) is 5.75 Å². The van der Waals surface area contributed by atoms with E-state index in [9.17, 15) is 0 Å². The summed E-state index contributed by atoms with van der Waals surface area (Å²) in [4.78, 5) is 0. The van der Waals surface area contributed by atoms with E-state index in [0.29, 0.717) is 5.92 Å². The van der Waals surface area contributed by atoms with Gasteiger partial charge in [0.05, 0.1) is 6.10 Å². The highest BCUT2D eigenvalue weighted by molar-refractivity contribution is 5.87. The minimum atomic E-state index is 0.253. The van der Waals surface area contributed by atoms with Crippen molar-refractivity contribution < 1.29 is 4.74 Å². The van der Waals surface area contributed by atoms with Crippen LogP contribution in [-0.2, 0) is 13.1 Å². The van der Waals surface area contributed by atoms with Crippen molar-refractivity contribution in [1.29, 1.82) is 0 Å². The van der Waals surface area contributed by atoms with E-state index >= 15 is 0 Å². The zero-order valence-corrected chi connectivity index (χ0v) is 15.6. The Labute approximate surface area is 141 Å². The van der Waals surface area contributed by atoms with Crippen LogP contribution in [0.25, 0.3) is 10.9 Å². The van der Waals surface area contributed by atoms with Gasteiger partial charge in [-0.05, 0) is 56.5 Å². The Morgan fingerprint density at radius 1 is 1.17 bits per heavy atom. The van der Waals surface area contributed by atoms with Crippen LogP contribution in [0.1, 0.15) is 52.3 Å². The van der Waals surface area contributed by atoms with Crippen LogP contribution in [0.2, 0.25) is 0 Å². The number of nitrogens with zero attached hydrogens (tertiary/aromatic N) is 1. The maximum atomic E-state index is 6.03. The van der Waals surface area contributed by atoms with E-state index < -0.39 is 0 Å². The lowest BCUT2D eigenvalue weighted by Gasteiger charge is -2.13. The molecule has 2 aromatic rings. The first-order valence-electron chi connectivity index (χ1n) is 8.96. The Bertz CT molecular complexity index is 643. The topological polar surface area (TPSA) is 26.2 Å². The fraction of sp³-hybridized carbons (Fsp3) is 0.600. The third kappa shape index (κ3) is 4.08. The number of hydrogen-bond acceptors (Lipinski definition) is 2. The van der Waals surface area contributed by atoms with Gasteiger partial charge in [-0.1, -0.05) is 27.7 Å². The monoisotopic (exact) mass is 316 g/mol. The van der Waals surface area contributed by atoms with Crippen molar-refractivity contribution in [3.63, 3.8) is 0 Å². The largest absolute Gasteiger partial charge is 0.491 e. The summed E-state index contributed by atoms with van der Waals surface area (Å²) in [5.41, 5.74) is 4.09. The van der Waals surface area contributed by atoms with E-state index in [1.54, 1.807) is 0 Å². The van der Waals surface area contributed by atoms with Crippen molar-refractivity contribution in [2.75, 3.05) is 6.54 Å². The van der Waals surface area contributed by atoms with E-state index in [-0.39, 0.29) is 6.10 Å². The Morgan fingerprint density at radius 2 is 1.91 bits per heavy atom. The molecule has 1 heterocycles. The van der Waals surface area contributed by atoms with Crippen LogP contribution < -0.4 is 10.1 Å². The van der Waals surface area contributed by atoms with Crippen molar-refractivity contribution in [3.8, 4) is 5.75 Å². The quantitative estimate of drug-likeness (QED) is 0.750. The number of fused-ring (bicyclic) bond motifs is 1. The molecule has 1 N–H and O–H groups in total. The average Bonchev–Trinajstić information content (AvgIpc) is 2.76. The molecule has 3 nitrogen and oxygen atoms in total. The first-order valence-corrected chi connectivity index (χ1v) is 8.96. The maximum absolute atomic E-state index is 6.03. The highest BCUT2D eigenvalue weighted by Crippen LogP contribution is 2.30. The molecule has 0 bridgehead atoms. The van der Waals surface area contributed by atoms with Gasteiger partial charge < -0.3 is 14.6 Å². The van der Waals surface area contributed by atoms with Crippen molar-refractivity contribution in [1.82, 2.24) is 9.88 Å². The number of rotatable bonds is 8. The van der Waals surface area contributed by atoms with Gasteiger partial charge in [0.2, 0.25) is 0 Å². The molecule has 1 unspecified atom stereocenters. The molecule has 0 spiro atoms. The van der Waals surface area contributed by atoms with Gasteiger partial charge >= 0.3 is 0 Å². The fourth-order valence-electron chi connectivity index (χ4n) is 2.99. The number of hydrogen-bond donors (Lipinski definition) is 1. The van der Waals surface area contributed by atoms with E-state index in [1.165, 1.54) is 22.2 Å². The van der Waals surface area contributed by atoms with Crippen LogP contribution >= 0.6 is 0 Å². The van der Waals surface area contributed by atoms with Crippen LogP contribution in [0.5, 0.6) is 5.75 Å². The van der Waals surface area contributed by atoms with Gasteiger partial charge in [-0.15, -0.1) is 0 Å². The molecular weight excluding hydrogens is 284 g/mol. The van der Waals surface area contributed by atoms with Gasteiger partial charge in [0.15, 0.2) is 0 Å². The molecule has 1 aromatic heterocycles. The molecule has 0 fully saturated rings. The second-order valence-electron chi connectivity index (χ2n) is 6.86. The van der Waals surface area contributed by atoms with Crippen LogP contribution in [-0.4, -0.2) is 17.2 Å². The SMILES string of the molecule is CCNCc1c(C)n(CC(C)C)c2ccc(OC(C)CC)cc12. The van der Waals surface area contributed by atoms with Gasteiger partial charge in [-0.3, -0.25) is 0 Å². The minimum absolute atomic E-state index is 0.253. The first-order chi connectivity index (χ1) is 11.0. The van der Waals surface area contributed by atoms with E-state index in [0.717, 1.165) is 31.8 Å². The standard InChI is InChI=1S/C20H32N2O/c1-7-15(5)23-17-9-10-20-18(11-17)19(12-21-8-2)16(6)22(20)13-14(3)4/h9-11,14-15,21H,7-8,12-13H2,1-6H3. The minimum Gasteiger partial charge on any atom is -0.491 e. The summed E-state index contributed by atoms with van der Waals surface area (Å²) >= 11 is 0. The van der Waals surface area contributed by atoms with Crippen molar-refractivity contribution in [2.24, 2.45) is 5.92 Å². The summed E-state index contributed by atoms with van der Waals surface area (Å²) in [6, 6.07) is 6.55. The second-order valence-corrected chi connectivity index (χ2v) is 6.86. The summed E-state index contributed by atoms with van der Waals surface area (Å²) in [6.45, 7) is 16.2. The first kappa shape index (κ1) is 17.9. The summed E-state index contributed by atoms with van der Waals surface area (Å²) in [5, 5.41) is 4.81. The Balaban J connectivity index is 2.49. The Morgan fingerprint density at radius 3 is 2.52 bits per heavy atom. The molecule has 3 heteroatoms. The van der Waals surface area contributed by atoms with Gasteiger partial charge in [-0.25, -0.2) is 0 Å². The summed E-state index contributed by atoms with van der Waals surface area (Å²) in [7, 11) is 0. The smallest absolute Gasteiger partial charge is 0.120 e. The molecule has 0 saturated carbocycles. The maximum Gasteiger partial charge on any atom is 0.120 e. The third-order valence-electron chi connectivity index (χ3n) is 4.44. The lowest BCUT2D eigenvalue weighted by atomic mass is 10.1. The molecule has 128 valence electrons. The zero-order chi connectivity index (χ0) is 17.0. The molecule has 23 heavy (non-hydrogen) atoms. The van der Waals surface area contributed by atoms with Gasteiger partial charge in [-0.2, -0.15) is 0 Å². The Kier molecular flexibility index (Phi) is 6.11. The molecule has 0 radical (unpaired) electrons. The molecule has 1 atom stereocenters. The van der Waals surface area contributed by atoms with E-state index in [2.05, 4.69) is 69.6 Å². The Hall–Kier alpha value is -1.48. The van der Waals surface area contributed by atoms with Crippen LogP contribution in [0.15, 0.2) is 18.2 Å². The summed E-state index contributed by atoms with van der Waals surface area (Å²) < 4.78 is 8.49. The molecule has 0 saturated heterocycles. The third-order valence-corrected chi connectivity index (χ3v) is 4.44. The fourth-order valence-corrected chi connectivity index (χ4v) is 2.99. The predicted octanol–water partition coefficient (Wildman–Crippen LogP) is 4.89. The number of aromatic nitrogens is 1. The molecule has 0 amide bonds. The highest BCUT2D eigenvalue weighted by atomic mass is 16.5. The molecule has 0 aliphatic rings. The second kappa shape index (κ2) is 7.87. The highest BCUT2D eigenvalue weighted by Gasteiger charge is 2.15. The predicted molar refractivity (Wildman–Crippen MR) is 99.3 cm³/mol. The van der Waals surface area contributed by atoms with Gasteiger partial charge in [0.25, 0.3) is 0 Å². The normalized spacial score (nSPS) is 13.0. The summed E-state index contributed by atoms with van der Waals surface area (Å²) in [6.07, 6.45) is 1.28. The van der Waals surface area contributed by atoms with Crippen molar-refractivity contribution in [3.05, 3.63) is 29.5 Å². The molecule has 2 rings (SSSR count). The molecular formula is C20H32N2O. The number of ether oxygens (including phenoxy) is 1. The number of nitrogens with one attached hydrogen (secondary N) is 1. The van der Waals surface area contributed by atoms with E-state index in [1.807, 2.05) is 0 Å². The lowest BCUT2D eigenvalue weighted by Crippen LogP contribution is -2.13. The molecule has 1 aromatic carbocycles. The van der Waals surface area contributed by atoms with Crippen LogP contribution in [0.4, 0.5) is 0 Å². The van der Waals surface area contributed by atoms with Crippen molar-refractivity contribution in [2.45, 2.75) is 67.2 Å². The number of benzene rings is 1. The zero-order valence-electron chi connectivity index (χ0n) is 15.6. The van der Waals surface area contributed by atoms with Crippen LogP contribution in [0, 0.1) is 12.8 Å². The average molecular weight is 316 g/mol. The lowest BCUT2D eigenvalue weighted by molar-refractivity contribution is 0.217.